The molecular formula is C12H23ClN2O2. The highest BCUT2D eigenvalue weighted by Gasteiger charge is 2.30. The second-order valence-corrected chi connectivity index (χ2v) is 5.20. The van der Waals surface area contributed by atoms with E-state index in [1.54, 1.807) is 0 Å². The number of carbonyl (C=O) groups is 1. The first kappa shape index (κ1) is 14.7. The third-order valence-corrected chi connectivity index (χ3v) is 3.76. The third kappa shape index (κ3) is 4.12. The van der Waals surface area contributed by atoms with Gasteiger partial charge in [0, 0.05) is 18.7 Å². The second-order valence-electron chi connectivity index (χ2n) is 5.20. The van der Waals surface area contributed by atoms with Gasteiger partial charge in [-0.3, -0.25) is 4.79 Å². The Kier molecular flexibility index (Phi) is 5.70. The van der Waals surface area contributed by atoms with Gasteiger partial charge in [-0.2, -0.15) is 0 Å². The minimum Gasteiger partial charge on any atom is -0.381 e. The summed E-state index contributed by atoms with van der Waals surface area (Å²) in [5, 5.41) is 2.99. The van der Waals surface area contributed by atoms with Gasteiger partial charge in [-0.25, -0.2) is 0 Å². The average molecular weight is 263 g/mol. The molecule has 1 amide bonds. The zero-order valence-electron chi connectivity index (χ0n) is 10.2. The monoisotopic (exact) mass is 262 g/mol. The van der Waals surface area contributed by atoms with E-state index in [-0.39, 0.29) is 29.8 Å². The van der Waals surface area contributed by atoms with Crippen LogP contribution in [-0.2, 0) is 9.53 Å². The SMILES string of the molecule is Cl.NC1(CNC(=O)C2CCOC2)CCCCC1. The van der Waals surface area contributed by atoms with E-state index in [9.17, 15) is 4.79 Å². The standard InChI is InChI=1S/C12H22N2O2.ClH/c13-12(5-2-1-3-6-12)9-14-11(15)10-4-7-16-8-10;/h10H,1-9,13H2,(H,14,15);1H. The van der Waals surface area contributed by atoms with Gasteiger partial charge in [0.1, 0.15) is 0 Å². The molecule has 0 bridgehead atoms. The zero-order valence-corrected chi connectivity index (χ0v) is 11.1. The van der Waals surface area contributed by atoms with Crippen LogP contribution in [0.15, 0.2) is 0 Å². The maximum absolute atomic E-state index is 11.8. The first-order valence-corrected chi connectivity index (χ1v) is 6.34. The van der Waals surface area contributed by atoms with E-state index < -0.39 is 0 Å². The fourth-order valence-corrected chi connectivity index (χ4v) is 2.58. The van der Waals surface area contributed by atoms with E-state index in [0.717, 1.165) is 19.3 Å². The molecule has 17 heavy (non-hydrogen) atoms. The molecule has 1 saturated carbocycles. The highest BCUT2D eigenvalue weighted by molar-refractivity contribution is 5.85. The van der Waals surface area contributed by atoms with E-state index in [1.807, 2.05) is 0 Å². The molecule has 0 radical (unpaired) electrons. The van der Waals surface area contributed by atoms with Crippen LogP contribution in [0.5, 0.6) is 0 Å². The highest BCUT2D eigenvalue weighted by atomic mass is 35.5. The van der Waals surface area contributed by atoms with Gasteiger partial charge in [-0.1, -0.05) is 19.3 Å². The fourth-order valence-electron chi connectivity index (χ4n) is 2.58. The first-order chi connectivity index (χ1) is 7.70. The van der Waals surface area contributed by atoms with Crippen LogP contribution in [0.2, 0.25) is 0 Å². The topological polar surface area (TPSA) is 64.3 Å². The van der Waals surface area contributed by atoms with Crippen molar-refractivity contribution in [3.63, 3.8) is 0 Å². The van der Waals surface area contributed by atoms with Gasteiger partial charge in [0.05, 0.1) is 12.5 Å². The Hall–Kier alpha value is -0.320. The lowest BCUT2D eigenvalue weighted by atomic mass is 9.82. The second kappa shape index (κ2) is 6.57. The van der Waals surface area contributed by atoms with Gasteiger partial charge in [0.15, 0.2) is 0 Å². The molecule has 1 atom stereocenters. The predicted octanol–water partition coefficient (Wildman–Crippen LogP) is 1.22. The number of nitrogens with one attached hydrogen (secondary N) is 1. The van der Waals surface area contributed by atoms with Crippen molar-refractivity contribution in [2.24, 2.45) is 11.7 Å². The summed E-state index contributed by atoms with van der Waals surface area (Å²) in [7, 11) is 0. The molecule has 0 aromatic heterocycles. The normalized spacial score (nSPS) is 27.2. The number of rotatable bonds is 3. The molecular weight excluding hydrogens is 240 g/mol. The lowest BCUT2D eigenvalue weighted by Crippen LogP contribution is -2.52. The summed E-state index contributed by atoms with van der Waals surface area (Å²) in [6.45, 7) is 1.91. The van der Waals surface area contributed by atoms with Crippen LogP contribution in [0, 0.1) is 5.92 Å². The number of hydrogen-bond acceptors (Lipinski definition) is 3. The van der Waals surface area contributed by atoms with Crippen LogP contribution >= 0.6 is 12.4 Å². The molecule has 100 valence electrons. The maximum Gasteiger partial charge on any atom is 0.225 e. The number of carbonyl (C=O) groups excluding carboxylic acids is 1. The highest BCUT2D eigenvalue weighted by Crippen LogP contribution is 2.25. The van der Waals surface area contributed by atoms with Gasteiger partial charge in [-0.05, 0) is 19.3 Å². The van der Waals surface area contributed by atoms with Crippen molar-refractivity contribution < 1.29 is 9.53 Å². The molecule has 1 saturated heterocycles. The smallest absolute Gasteiger partial charge is 0.225 e. The molecule has 1 unspecified atom stereocenters. The van der Waals surface area contributed by atoms with Crippen LogP contribution in [0.4, 0.5) is 0 Å². The van der Waals surface area contributed by atoms with E-state index in [2.05, 4.69) is 5.32 Å². The molecule has 0 aromatic carbocycles. The van der Waals surface area contributed by atoms with Crippen molar-refractivity contribution in [2.75, 3.05) is 19.8 Å². The predicted molar refractivity (Wildman–Crippen MR) is 69.2 cm³/mol. The van der Waals surface area contributed by atoms with Gasteiger partial charge < -0.3 is 15.8 Å². The lowest BCUT2D eigenvalue weighted by Gasteiger charge is -2.33. The number of hydrogen-bond donors (Lipinski definition) is 2. The van der Waals surface area contributed by atoms with Gasteiger partial charge in [0.25, 0.3) is 0 Å². The molecule has 2 rings (SSSR count). The van der Waals surface area contributed by atoms with Crippen LogP contribution in [0.25, 0.3) is 0 Å². The molecule has 4 nitrogen and oxygen atoms in total. The molecule has 5 heteroatoms. The molecule has 3 N–H and O–H groups in total. The Bertz CT molecular complexity index is 249. The van der Waals surface area contributed by atoms with Gasteiger partial charge in [-0.15, -0.1) is 12.4 Å². The van der Waals surface area contributed by atoms with Crippen LogP contribution in [-0.4, -0.2) is 31.2 Å². The Labute approximate surface area is 109 Å². The lowest BCUT2D eigenvalue weighted by molar-refractivity contribution is -0.125. The largest absolute Gasteiger partial charge is 0.381 e. The van der Waals surface area contributed by atoms with E-state index >= 15 is 0 Å². The van der Waals surface area contributed by atoms with Crippen molar-refractivity contribution in [3.05, 3.63) is 0 Å². The molecule has 2 aliphatic rings. The number of nitrogens with two attached hydrogens (primary N) is 1. The Morgan fingerprint density at radius 2 is 2.06 bits per heavy atom. The van der Waals surface area contributed by atoms with Crippen molar-refractivity contribution in [1.82, 2.24) is 5.32 Å². The van der Waals surface area contributed by atoms with Crippen LogP contribution in [0.1, 0.15) is 38.5 Å². The molecule has 1 heterocycles. The number of ether oxygens (including phenoxy) is 1. The van der Waals surface area contributed by atoms with E-state index in [4.69, 9.17) is 10.5 Å². The van der Waals surface area contributed by atoms with Crippen molar-refractivity contribution in [2.45, 2.75) is 44.1 Å². The first-order valence-electron chi connectivity index (χ1n) is 6.34. The van der Waals surface area contributed by atoms with Crippen LogP contribution in [0.3, 0.4) is 0 Å². The van der Waals surface area contributed by atoms with Crippen molar-refractivity contribution in [3.8, 4) is 0 Å². The summed E-state index contributed by atoms with van der Waals surface area (Å²) in [4.78, 5) is 11.8. The summed E-state index contributed by atoms with van der Waals surface area (Å²) in [5.74, 6) is 0.167. The molecule has 0 aromatic rings. The summed E-state index contributed by atoms with van der Waals surface area (Å²) in [5.41, 5.74) is 6.10. The Morgan fingerprint density at radius 3 is 2.65 bits per heavy atom. The third-order valence-electron chi connectivity index (χ3n) is 3.76. The van der Waals surface area contributed by atoms with E-state index in [1.165, 1.54) is 19.3 Å². The Morgan fingerprint density at radius 1 is 1.35 bits per heavy atom. The van der Waals surface area contributed by atoms with E-state index in [0.29, 0.717) is 19.8 Å². The summed E-state index contributed by atoms with van der Waals surface area (Å²) < 4.78 is 5.20. The molecule has 1 aliphatic heterocycles. The maximum atomic E-state index is 11.8. The van der Waals surface area contributed by atoms with Crippen LogP contribution < -0.4 is 11.1 Å². The van der Waals surface area contributed by atoms with Gasteiger partial charge >= 0.3 is 0 Å². The summed E-state index contributed by atoms with van der Waals surface area (Å²) >= 11 is 0. The number of amides is 1. The molecule has 1 aliphatic carbocycles. The summed E-state index contributed by atoms with van der Waals surface area (Å²) in [6.07, 6.45) is 6.59. The average Bonchev–Trinajstić information content (AvgIpc) is 2.80. The quantitative estimate of drug-likeness (QED) is 0.804. The number of halogens is 1. The summed E-state index contributed by atoms with van der Waals surface area (Å²) in [6, 6.07) is 0. The molecule has 0 spiro atoms. The van der Waals surface area contributed by atoms with Gasteiger partial charge in [0.2, 0.25) is 5.91 Å². The fraction of sp³-hybridized carbons (Fsp3) is 0.917. The molecule has 2 fully saturated rings. The Balaban J connectivity index is 0.00000144. The minimum atomic E-state index is -0.159. The zero-order chi connectivity index (χ0) is 11.4. The van der Waals surface area contributed by atoms with Crippen molar-refractivity contribution >= 4 is 18.3 Å². The van der Waals surface area contributed by atoms with Crippen molar-refractivity contribution in [1.29, 1.82) is 0 Å². The minimum absolute atomic E-state index is 0.